The molecule has 0 amide bonds. The molecular weight excluding hydrogens is 398 g/mol. The summed E-state index contributed by atoms with van der Waals surface area (Å²) in [6.45, 7) is 0. The Morgan fingerprint density at radius 3 is 0.333 bits per heavy atom. The van der Waals surface area contributed by atoms with E-state index in [1.54, 1.807) is 0 Å². The fourth-order valence-corrected chi connectivity index (χ4v) is 0. The van der Waals surface area contributed by atoms with Gasteiger partial charge in [-0.1, -0.05) is 0 Å². The Hall–Kier alpha value is 2.71. The van der Waals surface area contributed by atoms with Gasteiger partial charge in [-0.3, -0.25) is 0 Å². The molecule has 0 aliphatic rings. The Morgan fingerprint density at radius 1 is 0.333 bits per heavy atom. The molecule has 0 saturated carbocycles. The van der Waals surface area contributed by atoms with Gasteiger partial charge in [-0.2, -0.15) is 0 Å². The van der Waals surface area contributed by atoms with Crippen molar-refractivity contribution in [2.24, 2.45) is 0 Å². The van der Waals surface area contributed by atoms with E-state index in [0.717, 1.165) is 0 Å². The third-order valence-corrected chi connectivity index (χ3v) is 0. The van der Waals surface area contributed by atoms with Gasteiger partial charge in [0.25, 0.3) is 0 Å². The van der Waals surface area contributed by atoms with Crippen molar-refractivity contribution in [1.82, 2.24) is 0 Å². The first-order valence-corrected chi connectivity index (χ1v) is 5.55. The molecule has 0 bridgehead atoms. The van der Waals surface area contributed by atoms with Crippen LogP contribution in [-0.2, 0) is 0 Å². The Balaban J connectivity index is -0.0000000257. The van der Waals surface area contributed by atoms with Gasteiger partial charge in [-0.05, 0) is 0 Å². The summed E-state index contributed by atoms with van der Waals surface area (Å²) in [5.74, 6) is 0. The molecule has 0 aromatic heterocycles. The molecule has 0 unspecified atom stereocenters. The van der Waals surface area contributed by atoms with Crippen LogP contribution in [0.3, 0.4) is 0 Å². The molecule has 0 aliphatic heterocycles. The maximum Gasteiger partial charge on any atom is 2.00 e. The van der Waals surface area contributed by atoms with Crippen LogP contribution in [0.25, 0.3) is 0 Å². The van der Waals surface area contributed by atoms with E-state index in [1.165, 1.54) is 0 Å². The van der Waals surface area contributed by atoms with Crippen molar-refractivity contribution in [3.63, 3.8) is 0 Å². The van der Waals surface area contributed by atoms with E-state index < -0.39 is 43.1 Å². The van der Waals surface area contributed by atoms with E-state index in [4.69, 9.17) is 55.9 Å². The molecule has 0 heterocycles. The topological polar surface area (TPSA) is 277 Å². The number of halogens is 4. The average Bonchev–Trinajstić information content (AvgIpc) is 1.76. The third-order valence-electron chi connectivity index (χ3n) is 0. The molecule has 0 radical (unpaired) electrons. The van der Waals surface area contributed by atoms with Crippen LogP contribution in [0.1, 0.15) is 0 Å². The predicted octanol–water partition coefficient (Wildman–Crippen LogP) is -15.0. The van der Waals surface area contributed by atoms with Gasteiger partial charge >= 0.3 is 60.8 Å². The molecule has 18 heteroatoms. The number of hydrogen-bond donors (Lipinski definition) is 0. The van der Waals surface area contributed by atoms with Gasteiger partial charge in [-0.15, -0.1) is 0 Å². The van der Waals surface area contributed by atoms with Gasteiger partial charge in [-0.25, -0.2) is 0 Å². The zero-order valence-electron chi connectivity index (χ0n) is 7.83. The smallest absolute Gasteiger partial charge is 0.357 e. The first kappa shape index (κ1) is 37.2. The fourth-order valence-electron chi connectivity index (χ4n) is 0. The molecule has 0 atom stereocenters. The van der Waals surface area contributed by atoms with E-state index in [0.29, 0.717) is 0 Å². The van der Waals surface area contributed by atoms with Crippen molar-refractivity contribution in [3.8, 4) is 0 Å². The third kappa shape index (κ3) is 801. The van der Waals surface area contributed by atoms with Crippen molar-refractivity contribution in [2.45, 2.75) is 0 Å². The molecule has 104 valence electrons. The molecule has 12 nitrogen and oxygen atoms in total. The average molecular weight is 398 g/mol. The van der Waals surface area contributed by atoms with Crippen molar-refractivity contribution in [3.05, 3.63) is 0 Å². The van der Waals surface area contributed by atoms with Gasteiger partial charge in [0.1, 0.15) is 0 Å². The Bertz CT molecular complexity index is 67.1. The SMILES string of the molecule is [Ca+2].[Mg+2].[O-][Cl+2]([O-])[O-].[O-][Cl+2]([O-])[O-].[O-][Cl+2]([O-])[O-].[O-][Cl+2]([O-])[O-]. The van der Waals surface area contributed by atoms with E-state index in [2.05, 4.69) is 0 Å². The quantitative estimate of drug-likeness (QED) is 0.344. The van der Waals surface area contributed by atoms with E-state index in [-0.39, 0.29) is 60.8 Å². The van der Waals surface area contributed by atoms with Crippen molar-refractivity contribution < 1.29 is 99.0 Å². The maximum absolute atomic E-state index is 8.41. The van der Waals surface area contributed by atoms with Crippen LogP contribution in [0.4, 0.5) is 0 Å². The Labute approximate surface area is 158 Å². The zero-order chi connectivity index (χ0) is 14.3. The van der Waals surface area contributed by atoms with E-state index in [9.17, 15) is 0 Å². The molecule has 18 heavy (non-hydrogen) atoms. The predicted molar refractivity (Wildman–Crippen MR) is 11.5 cm³/mol. The molecule has 0 spiro atoms. The van der Waals surface area contributed by atoms with Crippen molar-refractivity contribution >= 4 is 60.8 Å². The zero-order valence-corrected chi connectivity index (χ0v) is 14.5. The normalized spacial score (nSPS) is 8.00. The van der Waals surface area contributed by atoms with E-state index in [1.807, 2.05) is 0 Å². The fraction of sp³-hybridized carbons (Fsp3) is 0. The Morgan fingerprint density at radius 2 is 0.333 bits per heavy atom. The van der Waals surface area contributed by atoms with Gasteiger partial charge in [0.2, 0.25) is 0 Å². The minimum atomic E-state index is -2.85. The summed E-state index contributed by atoms with van der Waals surface area (Å²) < 4.78 is 101. The first-order valence-electron chi connectivity index (χ1n) is 1.85. The van der Waals surface area contributed by atoms with Crippen LogP contribution >= 0.6 is 0 Å². The van der Waals surface area contributed by atoms with Gasteiger partial charge in [0.15, 0.2) is 0 Å². The summed E-state index contributed by atoms with van der Waals surface area (Å²) in [6.07, 6.45) is 0. The second-order valence-electron chi connectivity index (χ2n) is 0.756. The minimum Gasteiger partial charge on any atom is -0.357 e. The molecule has 0 aliphatic carbocycles. The van der Waals surface area contributed by atoms with Gasteiger partial charge < -0.3 is 55.9 Å². The van der Waals surface area contributed by atoms with Crippen LogP contribution in [0.15, 0.2) is 0 Å². The molecule has 0 aromatic rings. The minimum absolute atomic E-state index is 0. The summed E-state index contributed by atoms with van der Waals surface area (Å²) in [6, 6.07) is 0. The molecule has 0 aromatic carbocycles. The summed E-state index contributed by atoms with van der Waals surface area (Å²) in [5, 5.41) is 0. The molecule has 0 fully saturated rings. The van der Waals surface area contributed by atoms with Crippen molar-refractivity contribution in [2.75, 3.05) is 0 Å². The van der Waals surface area contributed by atoms with Crippen LogP contribution in [0.2, 0.25) is 0 Å². The largest absolute Gasteiger partial charge is 2.00 e. The van der Waals surface area contributed by atoms with Crippen molar-refractivity contribution in [1.29, 1.82) is 0 Å². The van der Waals surface area contributed by atoms with Gasteiger partial charge in [0, 0.05) is 0 Å². The monoisotopic (exact) mass is 396 g/mol. The summed E-state index contributed by atoms with van der Waals surface area (Å²) in [4.78, 5) is 0. The standard InChI is InChI=1S/Ca.4ClO3.Mg/c;4*2-1(3)4;/q+2;4*-1;+2. The summed E-state index contributed by atoms with van der Waals surface area (Å²) >= 11 is 0. The second-order valence-corrected chi connectivity index (χ2v) is 2.27. The van der Waals surface area contributed by atoms with Gasteiger partial charge in [0.05, 0.1) is 43.1 Å². The maximum atomic E-state index is 8.41. The molecule has 0 N–H and O–H groups in total. The first-order chi connectivity index (χ1) is 6.93. The molecular formula is CaCl4MgO12. The van der Waals surface area contributed by atoms with Crippen LogP contribution in [-0.4, -0.2) is 60.8 Å². The summed E-state index contributed by atoms with van der Waals surface area (Å²) in [7, 11) is -11.4. The van der Waals surface area contributed by atoms with Crippen LogP contribution in [0.5, 0.6) is 0 Å². The summed E-state index contributed by atoms with van der Waals surface area (Å²) in [5.41, 5.74) is 0. The van der Waals surface area contributed by atoms with Crippen LogP contribution in [0, 0.1) is 43.1 Å². The molecule has 0 saturated heterocycles. The second kappa shape index (κ2) is 31.9. The van der Waals surface area contributed by atoms with Crippen LogP contribution < -0.4 is 55.9 Å². The molecule has 0 rings (SSSR count). The number of hydrogen-bond acceptors (Lipinski definition) is 12. The Kier molecular flexibility index (Phi) is 65.9. The number of rotatable bonds is 0. The van der Waals surface area contributed by atoms with E-state index >= 15 is 0 Å².